The van der Waals surface area contributed by atoms with Gasteiger partial charge >= 0.3 is 6.03 Å². The Kier molecular flexibility index (Phi) is 4.84. The fourth-order valence-electron chi connectivity index (χ4n) is 2.85. The van der Waals surface area contributed by atoms with E-state index in [1.165, 1.54) is 0 Å². The smallest absolute Gasteiger partial charge is 0.316 e. The molecule has 4 N–H and O–H groups in total. The van der Waals surface area contributed by atoms with E-state index in [0.717, 1.165) is 22.2 Å². The van der Waals surface area contributed by atoms with Crippen LogP contribution in [0, 0.1) is 6.92 Å². The average Bonchev–Trinajstić information content (AvgIpc) is 2.61. The number of nitrogens with zero attached hydrogens (tertiary/aromatic N) is 1. The molecule has 0 aliphatic rings. The van der Waals surface area contributed by atoms with Gasteiger partial charge in [-0.2, -0.15) is 0 Å². The summed E-state index contributed by atoms with van der Waals surface area (Å²) in [6, 6.07) is 15.7. The van der Waals surface area contributed by atoms with E-state index in [1.807, 2.05) is 50.2 Å². The number of anilines is 1. The van der Waals surface area contributed by atoms with Gasteiger partial charge in [-0.05, 0) is 43.7 Å². The van der Waals surface area contributed by atoms with Crippen LogP contribution in [0.25, 0.3) is 10.9 Å². The molecule has 1 unspecified atom stereocenters. The summed E-state index contributed by atoms with van der Waals surface area (Å²) in [5.41, 5.74) is 8.82. The minimum atomic E-state index is -0.612. The van der Waals surface area contributed by atoms with Crippen LogP contribution in [0.1, 0.15) is 34.6 Å². The first-order chi connectivity index (χ1) is 12.4. The summed E-state index contributed by atoms with van der Waals surface area (Å²) in [5.74, 6) is -0.154. The maximum Gasteiger partial charge on any atom is 0.316 e. The Morgan fingerprint density at radius 3 is 2.46 bits per heavy atom. The van der Waals surface area contributed by atoms with Gasteiger partial charge in [0, 0.05) is 16.8 Å². The minimum Gasteiger partial charge on any atom is -0.351 e. The molecule has 0 aliphatic heterocycles. The van der Waals surface area contributed by atoms with Crippen molar-refractivity contribution in [3.8, 4) is 0 Å². The van der Waals surface area contributed by atoms with Gasteiger partial charge in [0.2, 0.25) is 0 Å². The van der Waals surface area contributed by atoms with E-state index in [2.05, 4.69) is 15.6 Å². The maximum atomic E-state index is 12.8. The lowest BCUT2D eigenvalue weighted by atomic mass is 10.0. The van der Waals surface area contributed by atoms with Gasteiger partial charge in [0.15, 0.2) is 0 Å². The number of aryl methyl sites for hydroxylation is 1. The first-order valence-corrected chi connectivity index (χ1v) is 8.27. The number of hydrogen-bond acceptors (Lipinski definition) is 3. The van der Waals surface area contributed by atoms with Gasteiger partial charge in [-0.3, -0.25) is 9.78 Å². The highest BCUT2D eigenvalue weighted by Gasteiger charge is 2.15. The van der Waals surface area contributed by atoms with Crippen LogP contribution in [0.2, 0.25) is 0 Å². The Bertz CT molecular complexity index is 967. The fourth-order valence-corrected chi connectivity index (χ4v) is 2.85. The van der Waals surface area contributed by atoms with Crippen molar-refractivity contribution in [1.29, 1.82) is 0 Å². The quantitative estimate of drug-likeness (QED) is 0.673. The van der Waals surface area contributed by atoms with Crippen molar-refractivity contribution in [3.63, 3.8) is 0 Å². The number of para-hydroxylation sites is 1. The Morgan fingerprint density at radius 1 is 1.08 bits per heavy atom. The number of fused-ring (bicyclic) bond motifs is 1. The van der Waals surface area contributed by atoms with Crippen molar-refractivity contribution >= 4 is 28.5 Å². The monoisotopic (exact) mass is 348 g/mol. The highest BCUT2D eigenvalue weighted by molar-refractivity contribution is 6.06. The number of urea groups is 1. The molecule has 0 saturated heterocycles. The van der Waals surface area contributed by atoms with Crippen LogP contribution in [0.4, 0.5) is 10.5 Å². The van der Waals surface area contributed by atoms with Gasteiger partial charge in [0.1, 0.15) is 0 Å². The van der Waals surface area contributed by atoms with Crippen molar-refractivity contribution < 1.29 is 9.59 Å². The van der Waals surface area contributed by atoms with Crippen molar-refractivity contribution in [1.82, 2.24) is 10.3 Å². The molecule has 0 radical (unpaired) electrons. The Labute approximate surface area is 151 Å². The van der Waals surface area contributed by atoms with Crippen LogP contribution in [0.3, 0.4) is 0 Å². The minimum absolute atomic E-state index is 0.154. The van der Waals surface area contributed by atoms with E-state index in [9.17, 15) is 9.59 Å². The molecule has 1 atom stereocenters. The summed E-state index contributed by atoms with van der Waals surface area (Å²) < 4.78 is 0. The van der Waals surface area contributed by atoms with Gasteiger partial charge in [-0.25, -0.2) is 4.79 Å². The normalized spacial score (nSPS) is 11.8. The van der Waals surface area contributed by atoms with Crippen molar-refractivity contribution in [3.05, 3.63) is 71.4 Å². The molecule has 1 heterocycles. The third-order valence-corrected chi connectivity index (χ3v) is 4.11. The molecule has 3 amide bonds. The number of hydrogen-bond donors (Lipinski definition) is 3. The highest BCUT2D eigenvalue weighted by atomic mass is 16.2. The Balaban J connectivity index is 1.80. The summed E-state index contributed by atoms with van der Waals surface area (Å²) in [6.07, 6.45) is 0. The molecular weight excluding hydrogens is 328 g/mol. The summed E-state index contributed by atoms with van der Waals surface area (Å²) in [7, 11) is 0. The average molecular weight is 348 g/mol. The van der Waals surface area contributed by atoms with E-state index in [4.69, 9.17) is 5.73 Å². The fraction of sp³-hybridized carbons (Fsp3) is 0.150. The second-order valence-electron chi connectivity index (χ2n) is 6.13. The third kappa shape index (κ3) is 3.80. The molecule has 0 spiro atoms. The molecule has 1 aromatic heterocycles. The summed E-state index contributed by atoms with van der Waals surface area (Å²) in [6.45, 7) is 3.78. The van der Waals surface area contributed by atoms with Crippen LogP contribution in [-0.4, -0.2) is 16.9 Å². The molecule has 0 aliphatic carbocycles. The number of carbonyl (C=O) groups excluding carboxylic acids is 2. The molecule has 3 aromatic rings. The van der Waals surface area contributed by atoms with Gasteiger partial charge in [0.05, 0.1) is 17.1 Å². The lowest BCUT2D eigenvalue weighted by Crippen LogP contribution is -2.27. The number of rotatable bonds is 4. The first-order valence-electron chi connectivity index (χ1n) is 8.27. The topological polar surface area (TPSA) is 97.1 Å². The van der Waals surface area contributed by atoms with Crippen molar-refractivity contribution in [2.24, 2.45) is 5.73 Å². The van der Waals surface area contributed by atoms with Crippen LogP contribution in [0.15, 0.2) is 54.6 Å². The molecule has 6 nitrogen and oxygen atoms in total. The standard InChI is InChI=1S/C20H20N4O2/c1-12-11-17(16-5-3-4-6-18(16)22-12)19(25)23-13(2)14-7-9-15(10-8-14)24-20(21)26/h3-11,13H,1-2H3,(H,23,25)(H3,21,24,26). The number of amides is 3. The second-order valence-corrected chi connectivity index (χ2v) is 6.13. The molecule has 0 saturated carbocycles. The molecule has 0 bridgehead atoms. The SMILES string of the molecule is Cc1cc(C(=O)NC(C)c2ccc(NC(N)=O)cc2)c2ccccc2n1. The third-order valence-electron chi connectivity index (χ3n) is 4.11. The predicted molar refractivity (Wildman–Crippen MR) is 102 cm³/mol. The summed E-state index contributed by atoms with van der Waals surface area (Å²) in [5, 5.41) is 6.34. The van der Waals surface area contributed by atoms with Gasteiger partial charge in [0.25, 0.3) is 5.91 Å². The first kappa shape index (κ1) is 17.4. The summed E-state index contributed by atoms with van der Waals surface area (Å²) >= 11 is 0. The van der Waals surface area contributed by atoms with Crippen LogP contribution < -0.4 is 16.4 Å². The predicted octanol–water partition coefficient (Wildman–Crippen LogP) is 3.52. The molecule has 2 aromatic carbocycles. The second kappa shape index (κ2) is 7.23. The van der Waals surface area contributed by atoms with Crippen molar-refractivity contribution in [2.45, 2.75) is 19.9 Å². The number of pyridine rings is 1. The summed E-state index contributed by atoms with van der Waals surface area (Å²) in [4.78, 5) is 28.1. The molecule has 3 rings (SSSR count). The van der Waals surface area contributed by atoms with E-state index < -0.39 is 6.03 Å². The maximum absolute atomic E-state index is 12.8. The molecule has 26 heavy (non-hydrogen) atoms. The number of carbonyl (C=O) groups is 2. The van der Waals surface area contributed by atoms with Crippen LogP contribution >= 0.6 is 0 Å². The zero-order valence-electron chi connectivity index (χ0n) is 14.6. The van der Waals surface area contributed by atoms with E-state index in [1.54, 1.807) is 18.2 Å². The lowest BCUT2D eigenvalue weighted by Gasteiger charge is -2.16. The molecule has 0 fully saturated rings. The van der Waals surface area contributed by atoms with Gasteiger partial charge < -0.3 is 16.4 Å². The number of aromatic nitrogens is 1. The zero-order valence-corrected chi connectivity index (χ0v) is 14.6. The number of nitrogens with two attached hydrogens (primary N) is 1. The Hall–Kier alpha value is -3.41. The van der Waals surface area contributed by atoms with Gasteiger partial charge in [-0.15, -0.1) is 0 Å². The van der Waals surface area contributed by atoms with Crippen molar-refractivity contribution in [2.75, 3.05) is 5.32 Å². The van der Waals surface area contributed by atoms with Crippen LogP contribution in [-0.2, 0) is 0 Å². The molecule has 132 valence electrons. The van der Waals surface area contributed by atoms with E-state index in [0.29, 0.717) is 11.3 Å². The van der Waals surface area contributed by atoms with E-state index in [-0.39, 0.29) is 11.9 Å². The van der Waals surface area contributed by atoms with E-state index >= 15 is 0 Å². The highest BCUT2D eigenvalue weighted by Crippen LogP contribution is 2.20. The largest absolute Gasteiger partial charge is 0.351 e. The molecule has 6 heteroatoms. The number of nitrogens with one attached hydrogen (secondary N) is 2. The number of benzene rings is 2. The lowest BCUT2D eigenvalue weighted by molar-refractivity contribution is 0.0941. The van der Waals surface area contributed by atoms with Crippen LogP contribution in [0.5, 0.6) is 0 Å². The number of primary amides is 1. The zero-order chi connectivity index (χ0) is 18.7. The molecular formula is C20H20N4O2. The van der Waals surface area contributed by atoms with Gasteiger partial charge in [-0.1, -0.05) is 30.3 Å². The Morgan fingerprint density at radius 2 is 1.77 bits per heavy atom.